The molecule has 0 radical (unpaired) electrons. The van der Waals surface area contributed by atoms with Gasteiger partial charge in [0.1, 0.15) is 5.82 Å². The molecule has 0 atom stereocenters. The molecule has 0 amide bonds. The molecule has 1 N–H and O–H groups in total. The maximum atomic E-state index is 4.57. The molecular weight excluding hydrogens is 318 g/mol. The van der Waals surface area contributed by atoms with E-state index in [-0.39, 0.29) is 0 Å². The van der Waals surface area contributed by atoms with Crippen molar-refractivity contribution >= 4 is 15.9 Å². The molecule has 0 bridgehead atoms. The highest BCUT2D eigenvalue weighted by Crippen LogP contribution is 2.18. The van der Waals surface area contributed by atoms with Gasteiger partial charge in [-0.1, -0.05) is 20.8 Å². The summed E-state index contributed by atoms with van der Waals surface area (Å²) in [5.74, 6) is 2.67. The van der Waals surface area contributed by atoms with Crippen molar-refractivity contribution in [1.29, 1.82) is 0 Å². The maximum absolute atomic E-state index is 4.57. The van der Waals surface area contributed by atoms with Crippen LogP contribution < -0.4 is 5.32 Å². The fraction of sp³-hybridized carbons (Fsp3) is 0.500. The monoisotopic (exact) mass is 337 g/mol. The molecule has 5 nitrogen and oxygen atoms in total. The molecule has 2 aromatic rings. The molecule has 0 spiro atoms. The number of pyridine rings is 1. The predicted octanol–water partition coefficient (Wildman–Crippen LogP) is 2.66. The van der Waals surface area contributed by atoms with Gasteiger partial charge in [0.15, 0.2) is 11.6 Å². The summed E-state index contributed by atoms with van der Waals surface area (Å²) < 4.78 is 2.85. The van der Waals surface area contributed by atoms with E-state index < -0.39 is 0 Å². The molecule has 0 saturated carbocycles. The molecule has 6 heteroatoms. The number of halogens is 1. The third-order valence-corrected chi connectivity index (χ3v) is 3.46. The van der Waals surface area contributed by atoms with E-state index in [9.17, 15) is 0 Å². The molecule has 108 valence electrons. The second kappa shape index (κ2) is 6.95. The lowest BCUT2D eigenvalue weighted by atomic mass is 10.2. The van der Waals surface area contributed by atoms with Crippen LogP contribution in [0.3, 0.4) is 0 Å². The van der Waals surface area contributed by atoms with Crippen molar-refractivity contribution < 1.29 is 0 Å². The molecule has 20 heavy (non-hydrogen) atoms. The molecule has 2 heterocycles. The van der Waals surface area contributed by atoms with Crippen LogP contribution in [0.5, 0.6) is 0 Å². The van der Waals surface area contributed by atoms with E-state index in [0.29, 0.717) is 0 Å². The van der Waals surface area contributed by atoms with Gasteiger partial charge < -0.3 is 5.32 Å². The number of nitrogens with one attached hydrogen (secondary N) is 1. The van der Waals surface area contributed by atoms with Crippen LogP contribution in [0, 0.1) is 0 Å². The Hall–Kier alpha value is -1.27. The van der Waals surface area contributed by atoms with Crippen LogP contribution in [0.1, 0.15) is 38.0 Å². The summed E-state index contributed by atoms with van der Waals surface area (Å²) in [6, 6.07) is 2.08. The summed E-state index contributed by atoms with van der Waals surface area (Å²) in [6.45, 7) is 7.93. The average Bonchev–Trinajstić information content (AvgIpc) is 2.88. The largest absolute Gasteiger partial charge is 0.313 e. The first-order valence-electron chi connectivity index (χ1n) is 6.99. The predicted molar refractivity (Wildman–Crippen MR) is 83.0 cm³/mol. The first kappa shape index (κ1) is 15.1. The zero-order valence-electron chi connectivity index (χ0n) is 12.1. The Labute approximate surface area is 128 Å². The number of hydrogen-bond acceptors (Lipinski definition) is 4. The van der Waals surface area contributed by atoms with Crippen LogP contribution >= 0.6 is 15.9 Å². The van der Waals surface area contributed by atoms with E-state index >= 15 is 0 Å². The smallest absolute Gasteiger partial charge is 0.160 e. The third-order valence-electron chi connectivity index (χ3n) is 3.03. The summed E-state index contributed by atoms with van der Waals surface area (Å²) in [4.78, 5) is 9.08. The highest BCUT2D eigenvalue weighted by atomic mass is 79.9. The second-order valence-corrected chi connectivity index (χ2v) is 5.40. The second-order valence-electron chi connectivity index (χ2n) is 4.48. The van der Waals surface area contributed by atoms with Crippen LogP contribution in [-0.4, -0.2) is 26.3 Å². The molecule has 0 unspecified atom stereocenters. The number of aromatic nitrogens is 4. The zero-order valence-corrected chi connectivity index (χ0v) is 13.7. The number of nitrogens with zero attached hydrogens (tertiary/aromatic N) is 4. The molecule has 0 saturated heterocycles. The highest BCUT2D eigenvalue weighted by molar-refractivity contribution is 9.10. The minimum Gasteiger partial charge on any atom is -0.313 e. The normalized spacial score (nSPS) is 11.0. The van der Waals surface area contributed by atoms with Crippen LogP contribution in [0.2, 0.25) is 0 Å². The van der Waals surface area contributed by atoms with Crippen molar-refractivity contribution in [2.75, 3.05) is 6.54 Å². The number of hydrogen-bond donors (Lipinski definition) is 1. The van der Waals surface area contributed by atoms with Crippen molar-refractivity contribution in [2.45, 2.75) is 40.2 Å². The van der Waals surface area contributed by atoms with E-state index in [1.165, 1.54) is 0 Å². The van der Waals surface area contributed by atoms with Gasteiger partial charge in [0.25, 0.3) is 0 Å². The Morgan fingerprint density at radius 3 is 2.70 bits per heavy atom. The standard InChI is InChI=1S/C14H20BrN5/c1-4-12-18-13(5-2)20(19-12)14-10(8-16-6-3)7-11(15)9-17-14/h7,9,16H,4-6,8H2,1-3H3. The minimum atomic E-state index is 0.767. The van der Waals surface area contributed by atoms with Crippen molar-refractivity contribution in [2.24, 2.45) is 0 Å². The van der Waals surface area contributed by atoms with Gasteiger partial charge in [-0.25, -0.2) is 9.97 Å². The van der Waals surface area contributed by atoms with Crippen molar-refractivity contribution in [3.8, 4) is 5.82 Å². The van der Waals surface area contributed by atoms with Crippen molar-refractivity contribution in [3.63, 3.8) is 0 Å². The van der Waals surface area contributed by atoms with Gasteiger partial charge >= 0.3 is 0 Å². The van der Waals surface area contributed by atoms with E-state index in [1.54, 1.807) is 6.20 Å². The quantitative estimate of drug-likeness (QED) is 0.880. The van der Waals surface area contributed by atoms with Gasteiger partial charge in [0.2, 0.25) is 0 Å². The fourth-order valence-corrected chi connectivity index (χ4v) is 2.37. The van der Waals surface area contributed by atoms with E-state index in [2.05, 4.69) is 63.2 Å². The van der Waals surface area contributed by atoms with Gasteiger partial charge in [0, 0.05) is 35.6 Å². The third kappa shape index (κ3) is 3.24. The first-order chi connectivity index (χ1) is 9.69. The van der Waals surface area contributed by atoms with Gasteiger partial charge in [0.05, 0.1) is 0 Å². The topological polar surface area (TPSA) is 55.6 Å². The Kier molecular flexibility index (Phi) is 5.25. The Morgan fingerprint density at radius 1 is 1.25 bits per heavy atom. The fourth-order valence-electron chi connectivity index (χ4n) is 1.99. The molecule has 0 fully saturated rings. The van der Waals surface area contributed by atoms with Gasteiger partial charge in [-0.2, -0.15) is 4.68 Å². The van der Waals surface area contributed by atoms with Crippen molar-refractivity contribution in [1.82, 2.24) is 25.1 Å². The summed E-state index contributed by atoms with van der Waals surface area (Å²) in [5, 5.41) is 7.91. The average molecular weight is 338 g/mol. The Balaban J connectivity index is 2.47. The Morgan fingerprint density at radius 2 is 2.05 bits per heavy atom. The summed E-state index contributed by atoms with van der Waals surface area (Å²) in [5.41, 5.74) is 1.11. The summed E-state index contributed by atoms with van der Waals surface area (Å²) >= 11 is 3.48. The SMILES string of the molecule is CCNCc1cc(Br)cnc1-n1nc(CC)nc1CC. The molecule has 2 rings (SSSR count). The lowest BCUT2D eigenvalue weighted by molar-refractivity contribution is 0.698. The highest BCUT2D eigenvalue weighted by Gasteiger charge is 2.14. The number of aryl methyl sites for hydroxylation is 2. The van der Waals surface area contributed by atoms with Crippen LogP contribution in [-0.2, 0) is 19.4 Å². The first-order valence-corrected chi connectivity index (χ1v) is 7.79. The van der Waals surface area contributed by atoms with Crippen LogP contribution in [0.15, 0.2) is 16.7 Å². The van der Waals surface area contributed by atoms with E-state index in [1.807, 2.05) is 4.68 Å². The molecular formula is C14H20BrN5. The Bertz CT molecular complexity index is 579. The van der Waals surface area contributed by atoms with E-state index in [4.69, 9.17) is 0 Å². The number of rotatable bonds is 6. The molecule has 0 aromatic carbocycles. The van der Waals surface area contributed by atoms with Gasteiger partial charge in [-0.15, -0.1) is 5.10 Å². The molecule has 2 aromatic heterocycles. The van der Waals surface area contributed by atoms with Gasteiger partial charge in [-0.3, -0.25) is 0 Å². The van der Waals surface area contributed by atoms with Crippen LogP contribution in [0.4, 0.5) is 0 Å². The molecule has 0 aliphatic heterocycles. The van der Waals surface area contributed by atoms with Crippen LogP contribution in [0.25, 0.3) is 5.82 Å². The minimum absolute atomic E-state index is 0.767. The zero-order chi connectivity index (χ0) is 14.5. The summed E-state index contributed by atoms with van der Waals surface area (Å²) in [6.07, 6.45) is 3.47. The lowest BCUT2D eigenvalue weighted by Crippen LogP contribution is -2.16. The van der Waals surface area contributed by atoms with E-state index in [0.717, 1.165) is 53.4 Å². The molecule has 0 aliphatic rings. The van der Waals surface area contributed by atoms with Gasteiger partial charge in [-0.05, 0) is 28.5 Å². The lowest BCUT2D eigenvalue weighted by Gasteiger charge is -2.10. The molecule has 0 aliphatic carbocycles. The van der Waals surface area contributed by atoms with Crippen molar-refractivity contribution in [3.05, 3.63) is 33.9 Å². The maximum Gasteiger partial charge on any atom is 0.160 e. The summed E-state index contributed by atoms with van der Waals surface area (Å²) in [7, 11) is 0.